The second-order valence-electron chi connectivity index (χ2n) is 4.88. The van der Waals surface area contributed by atoms with Crippen molar-refractivity contribution in [2.45, 2.75) is 19.1 Å². The summed E-state index contributed by atoms with van der Waals surface area (Å²) in [6.07, 6.45) is 1.45. The average molecular weight is 265 g/mol. The lowest BCUT2D eigenvalue weighted by Gasteiger charge is -2.34. The van der Waals surface area contributed by atoms with E-state index in [1.807, 2.05) is 6.92 Å². The largest absolute Gasteiger partial charge is 0.373 e. The van der Waals surface area contributed by atoms with Crippen LogP contribution in [0.3, 0.4) is 0 Å². The molecule has 1 saturated heterocycles. The SMILES string of the molecule is CC(N)C1CN(C(=O)c2ccn(C)c(=O)c2)CCO1. The lowest BCUT2D eigenvalue weighted by molar-refractivity contribution is -0.0300. The molecule has 1 aromatic rings. The van der Waals surface area contributed by atoms with Crippen LogP contribution in [0.1, 0.15) is 17.3 Å². The van der Waals surface area contributed by atoms with Crippen molar-refractivity contribution in [3.63, 3.8) is 0 Å². The number of carbonyl (C=O) groups is 1. The third kappa shape index (κ3) is 3.02. The van der Waals surface area contributed by atoms with Gasteiger partial charge >= 0.3 is 0 Å². The lowest BCUT2D eigenvalue weighted by atomic mass is 10.1. The van der Waals surface area contributed by atoms with Gasteiger partial charge in [0.15, 0.2) is 0 Å². The van der Waals surface area contributed by atoms with Gasteiger partial charge in [0.25, 0.3) is 11.5 Å². The minimum atomic E-state index is -0.192. The van der Waals surface area contributed by atoms with E-state index in [-0.39, 0.29) is 23.6 Å². The first-order chi connectivity index (χ1) is 8.99. The molecule has 0 aromatic carbocycles. The number of pyridine rings is 1. The first-order valence-electron chi connectivity index (χ1n) is 6.32. The average Bonchev–Trinajstić information content (AvgIpc) is 2.41. The Balaban J connectivity index is 2.14. The Bertz CT molecular complexity index is 524. The number of carbonyl (C=O) groups excluding carboxylic acids is 1. The van der Waals surface area contributed by atoms with Gasteiger partial charge in [-0.05, 0) is 13.0 Å². The molecule has 1 aromatic heterocycles. The summed E-state index contributed by atoms with van der Waals surface area (Å²) < 4.78 is 6.95. The molecule has 6 heteroatoms. The van der Waals surface area contributed by atoms with E-state index in [1.54, 1.807) is 24.2 Å². The van der Waals surface area contributed by atoms with Crippen molar-refractivity contribution in [1.82, 2.24) is 9.47 Å². The number of morpholine rings is 1. The van der Waals surface area contributed by atoms with Crippen LogP contribution in [0.2, 0.25) is 0 Å². The molecule has 2 rings (SSSR count). The Hall–Kier alpha value is -1.66. The molecular weight excluding hydrogens is 246 g/mol. The molecule has 6 nitrogen and oxygen atoms in total. The Labute approximate surface area is 111 Å². The Morgan fingerprint density at radius 3 is 2.95 bits per heavy atom. The summed E-state index contributed by atoms with van der Waals surface area (Å²) in [5.41, 5.74) is 6.01. The van der Waals surface area contributed by atoms with E-state index < -0.39 is 0 Å². The first-order valence-corrected chi connectivity index (χ1v) is 6.32. The molecule has 104 valence electrons. The van der Waals surface area contributed by atoms with Crippen molar-refractivity contribution in [2.24, 2.45) is 12.8 Å². The molecule has 1 fully saturated rings. The molecule has 0 aliphatic carbocycles. The standard InChI is InChI=1S/C13H19N3O3/c1-9(14)11-8-16(5-6-19-11)13(18)10-3-4-15(2)12(17)7-10/h3-4,7,9,11H,5-6,8,14H2,1-2H3. The van der Waals surface area contributed by atoms with Gasteiger partial charge in [-0.3, -0.25) is 9.59 Å². The van der Waals surface area contributed by atoms with Crippen LogP contribution < -0.4 is 11.3 Å². The summed E-state index contributed by atoms with van der Waals surface area (Å²) in [5.74, 6) is -0.147. The molecule has 1 aliphatic heterocycles. The molecule has 2 atom stereocenters. The van der Waals surface area contributed by atoms with Crippen LogP contribution in [-0.4, -0.2) is 47.2 Å². The zero-order valence-corrected chi connectivity index (χ0v) is 11.2. The van der Waals surface area contributed by atoms with Crippen molar-refractivity contribution in [1.29, 1.82) is 0 Å². The van der Waals surface area contributed by atoms with Gasteiger partial charge < -0.3 is 19.9 Å². The molecule has 2 unspecified atom stereocenters. The Kier molecular flexibility index (Phi) is 4.01. The third-order valence-electron chi connectivity index (χ3n) is 3.32. The maximum atomic E-state index is 12.3. The number of hydrogen-bond acceptors (Lipinski definition) is 4. The number of amides is 1. The van der Waals surface area contributed by atoms with Gasteiger partial charge in [-0.2, -0.15) is 0 Å². The van der Waals surface area contributed by atoms with E-state index in [4.69, 9.17) is 10.5 Å². The molecule has 0 radical (unpaired) electrons. The number of aryl methyl sites for hydroxylation is 1. The summed E-state index contributed by atoms with van der Waals surface area (Å²) in [4.78, 5) is 25.5. The van der Waals surface area contributed by atoms with Crippen LogP contribution >= 0.6 is 0 Å². The highest BCUT2D eigenvalue weighted by molar-refractivity contribution is 5.94. The fourth-order valence-corrected chi connectivity index (χ4v) is 2.04. The van der Waals surface area contributed by atoms with Gasteiger partial charge in [0.05, 0.1) is 12.7 Å². The van der Waals surface area contributed by atoms with Crippen molar-refractivity contribution >= 4 is 5.91 Å². The van der Waals surface area contributed by atoms with Crippen LogP contribution in [0.15, 0.2) is 23.1 Å². The Morgan fingerprint density at radius 1 is 1.58 bits per heavy atom. The monoisotopic (exact) mass is 265 g/mol. The zero-order valence-electron chi connectivity index (χ0n) is 11.2. The normalized spacial score (nSPS) is 21.2. The second-order valence-corrected chi connectivity index (χ2v) is 4.88. The Morgan fingerprint density at radius 2 is 2.32 bits per heavy atom. The van der Waals surface area contributed by atoms with Crippen LogP contribution in [0.25, 0.3) is 0 Å². The number of aromatic nitrogens is 1. The molecule has 1 aliphatic rings. The number of hydrogen-bond donors (Lipinski definition) is 1. The maximum absolute atomic E-state index is 12.3. The fourth-order valence-electron chi connectivity index (χ4n) is 2.04. The van der Waals surface area contributed by atoms with Gasteiger partial charge in [0.1, 0.15) is 0 Å². The quantitative estimate of drug-likeness (QED) is 0.787. The minimum Gasteiger partial charge on any atom is -0.373 e. The smallest absolute Gasteiger partial charge is 0.254 e. The van der Waals surface area contributed by atoms with Gasteiger partial charge in [-0.1, -0.05) is 0 Å². The summed E-state index contributed by atoms with van der Waals surface area (Å²) in [5, 5.41) is 0. The van der Waals surface area contributed by atoms with Crippen LogP contribution in [0.5, 0.6) is 0 Å². The first kappa shape index (κ1) is 13.8. The van der Waals surface area contributed by atoms with Crippen molar-refractivity contribution in [3.05, 3.63) is 34.2 Å². The number of rotatable bonds is 2. The maximum Gasteiger partial charge on any atom is 0.254 e. The van der Waals surface area contributed by atoms with E-state index in [0.717, 1.165) is 0 Å². The van der Waals surface area contributed by atoms with Gasteiger partial charge in [0.2, 0.25) is 0 Å². The van der Waals surface area contributed by atoms with E-state index in [1.165, 1.54) is 10.6 Å². The molecule has 0 saturated carbocycles. The molecule has 0 spiro atoms. The summed E-state index contributed by atoms with van der Waals surface area (Å²) in [7, 11) is 1.65. The molecule has 2 N–H and O–H groups in total. The van der Waals surface area contributed by atoms with E-state index in [2.05, 4.69) is 0 Å². The number of ether oxygens (including phenoxy) is 1. The van der Waals surface area contributed by atoms with Crippen LogP contribution in [-0.2, 0) is 11.8 Å². The number of nitrogens with two attached hydrogens (primary N) is 1. The zero-order chi connectivity index (χ0) is 14.0. The highest BCUT2D eigenvalue weighted by Crippen LogP contribution is 2.11. The fraction of sp³-hybridized carbons (Fsp3) is 0.538. The van der Waals surface area contributed by atoms with Crippen LogP contribution in [0, 0.1) is 0 Å². The lowest BCUT2D eigenvalue weighted by Crippen LogP contribution is -2.51. The minimum absolute atomic E-state index is 0.126. The topological polar surface area (TPSA) is 77.6 Å². The predicted molar refractivity (Wildman–Crippen MR) is 71.0 cm³/mol. The molecule has 2 heterocycles. The number of nitrogens with zero attached hydrogens (tertiary/aromatic N) is 2. The highest BCUT2D eigenvalue weighted by atomic mass is 16.5. The van der Waals surface area contributed by atoms with Crippen LogP contribution in [0.4, 0.5) is 0 Å². The highest BCUT2D eigenvalue weighted by Gasteiger charge is 2.27. The summed E-state index contributed by atoms with van der Waals surface area (Å²) in [6.45, 7) is 3.32. The van der Waals surface area contributed by atoms with Gasteiger partial charge in [-0.15, -0.1) is 0 Å². The molecule has 1 amide bonds. The summed E-state index contributed by atoms with van der Waals surface area (Å²) in [6, 6.07) is 2.89. The van der Waals surface area contributed by atoms with Crippen molar-refractivity contribution < 1.29 is 9.53 Å². The molecule has 0 bridgehead atoms. The predicted octanol–water partition coefficient (Wildman–Crippen LogP) is -0.427. The van der Waals surface area contributed by atoms with Gasteiger partial charge in [0, 0.05) is 44.0 Å². The summed E-state index contributed by atoms with van der Waals surface area (Å²) >= 11 is 0. The van der Waals surface area contributed by atoms with Crippen molar-refractivity contribution in [2.75, 3.05) is 19.7 Å². The van der Waals surface area contributed by atoms with E-state index in [0.29, 0.717) is 25.3 Å². The van der Waals surface area contributed by atoms with Gasteiger partial charge in [-0.25, -0.2) is 0 Å². The van der Waals surface area contributed by atoms with E-state index >= 15 is 0 Å². The third-order valence-corrected chi connectivity index (χ3v) is 3.32. The van der Waals surface area contributed by atoms with Crippen molar-refractivity contribution in [3.8, 4) is 0 Å². The molecule has 19 heavy (non-hydrogen) atoms. The van der Waals surface area contributed by atoms with E-state index in [9.17, 15) is 9.59 Å². The molecular formula is C13H19N3O3. The second kappa shape index (κ2) is 5.54.